The Labute approximate surface area is 127 Å². The number of methoxy groups -OCH3 is 1. The van der Waals surface area contributed by atoms with Gasteiger partial charge in [-0.15, -0.1) is 0 Å². The molecule has 0 spiro atoms. The topological polar surface area (TPSA) is 21.3 Å². The van der Waals surface area contributed by atoms with E-state index in [0.29, 0.717) is 10.8 Å². The summed E-state index contributed by atoms with van der Waals surface area (Å²) >= 11 is 2.05. The van der Waals surface area contributed by atoms with E-state index < -0.39 is 0 Å². The van der Waals surface area contributed by atoms with Crippen LogP contribution in [-0.2, 0) is 6.42 Å². The van der Waals surface area contributed by atoms with E-state index >= 15 is 0 Å². The summed E-state index contributed by atoms with van der Waals surface area (Å²) in [6.45, 7) is 3.40. The molecule has 0 amide bonds. The van der Waals surface area contributed by atoms with Crippen LogP contribution >= 0.6 is 11.8 Å². The molecule has 0 heterocycles. The zero-order chi connectivity index (χ0) is 14.4. The molecule has 0 radical (unpaired) electrons. The summed E-state index contributed by atoms with van der Waals surface area (Å²) in [5, 5.41) is 3.74. The lowest BCUT2D eigenvalue weighted by atomic mass is 10.0. The SMILES string of the molecule is COc1ccccc1CC(C)NCC1(SC)CCCC1. The molecule has 1 aliphatic carbocycles. The second-order valence-electron chi connectivity index (χ2n) is 5.89. The molecule has 1 unspecified atom stereocenters. The summed E-state index contributed by atoms with van der Waals surface area (Å²) in [6.07, 6.45) is 8.80. The maximum Gasteiger partial charge on any atom is 0.122 e. The van der Waals surface area contributed by atoms with Crippen molar-refractivity contribution in [3.05, 3.63) is 29.8 Å². The highest BCUT2D eigenvalue weighted by Crippen LogP contribution is 2.39. The van der Waals surface area contributed by atoms with Crippen LogP contribution in [0.25, 0.3) is 0 Å². The summed E-state index contributed by atoms with van der Waals surface area (Å²) in [5.74, 6) is 1.00. The summed E-state index contributed by atoms with van der Waals surface area (Å²) in [6, 6.07) is 8.81. The molecule has 20 heavy (non-hydrogen) atoms. The van der Waals surface area contributed by atoms with E-state index in [-0.39, 0.29) is 0 Å². The molecule has 0 bridgehead atoms. The van der Waals surface area contributed by atoms with Crippen molar-refractivity contribution in [2.24, 2.45) is 0 Å². The Balaban J connectivity index is 1.87. The van der Waals surface area contributed by atoms with Crippen LogP contribution in [0.3, 0.4) is 0 Å². The number of hydrogen-bond acceptors (Lipinski definition) is 3. The monoisotopic (exact) mass is 293 g/mol. The molecule has 3 heteroatoms. The molecular weight excluding hydrogens is 266 g/mol. The second kappa shape index (κ2) is 7.37. The molecule has 1 saturated carbocycles. The molecule has 1 fully saturated rings. The minimum atomic E-state index is 0.481. The van der Waals surface area contributed by atoms with Crippen molar-refractivity contribution in [2.45, 2.75) is 49.8 Å². The molecule has 1 N–H and O–H groups in total. The van der Waals surface area contributed by atoms with Gasteiger partial charge in [-0.1, -0.05) is 31.0 Å². The average molecular weight is 293 g/mol. The maximum absolute atomic E-state index is 5.43. The third-order valence-electron chi connectivity index (χ3n) is 4.44. The number of rotatable bonds is 7. The Kier molecular flexibility index (Phi) is 5.79. The Morgan fingerprint density at radius 3 is 2.65 bits per heavy atom. The Hall–Kier alpha value is -0.670. The van der Waals surface area contributed by atoms with Gasteiger partial charge in [-0.25, -0.2) is 0 Å². The number of benzene rings is 1. The number of thioether (sulfide) groups is 1. The van der Waals surface area contributed by atoms with E-state index in [2.05, 4.69) is 30.6 Å². The first-order valence-electron chi connectivity index (χ1n) is 7.59. The first kappa shape index (κ1) is 15.7. The van der Waals surface area contributed by atoms with E-state index in [9.17, 15) is 0 Å². The van der Waals surface area contributed by atoms with E-state index in [0.717, 1.165) is 18.7 Å². The molecule has 0 aromatic heterocycles. The van der Waals surface area contributed by atoms with Gasteiger partial charge in [0.1, 0.15) is 5.75 Å². The van der Waals surface area contributed by atoms with Crippen LogP contribution in [-0.4, -0.2) is 30.7 Å². The number of nitrogens with one attached hydrogen (secondary N) is 1. The van der Waals surface area contributed by atoms with Crippen molar-refractivity contribution in [1.82, 2.24) is 5.32 Å². The molecule has 112 valence electrons. The second-order valence-corrected chi connectivity index (χ2v) is 7.17. The quantitative estimate of drug-likeness (QED) is 0.824. The Morgan fingerprint density at radius 2 is 2.00 bits per heavy atom. The van der Waals surface area contributed by atoms with Gasteiger partial charge < -0.3 is 10.1 Å². The number of hydrogen-bond donors (Lipinski definition) is 1. The molecule has 1 aliphatic rings. The van der Waals surface area contributed by atoms with Gasteiger partial charge in [0.15, 0.2) is 0 Å². The molecule has 1 atom stereocenters. The normalized spacial score (nSPS) is 18.9. The van der Waals surface area contributed by atoms with E-state index in [1.807, 2.05) is 23.9 Å². The largest absolute Gasteiger partial charge is 0.496 e. The fourth-order valence-electron chi connectivity index (χ4n) is 3.11. The predicted molar refractivity (Wildman–Crippen MR) is 88.9 cm³/mol. The smallest absolute Gasteiger partial charge is 0.122 e. The summed E-state index contributed by atoms with van der Waals surface area (Å²) in [4.78, 5) is 0. The lowest BCUT2D eigenvalue weighted by Crippen LogP contribution is -2.40. The van der Waals surface area contributed by atoms with Gasteiger partial charge in [-0.05, 0) is 44.1 Å². The molecule has 2 rings (SSSR count). The van der Waals surface area contributed by atoms with Crippen molar-refractivity contribution >= 4 is 11.8 Å². The standard InChI is InChI=1S/C17H27NOS/c1-14(12-15-8-4-5-9-16(15)19-2)18-13-17(20-3)10-6-7-11-17/h4-5,8-9,14,18H,6-7,10-13H2,1-3H3. The molecular formula is C17H27NOS. The van der Waals surface area contributed by atoms with Crippen LogP contribution in [0.5, 0.6) is 5.75 Å². The Morgan fingerprint density at radius 1 is 1.30 bits per heavy atom. The minimum absolute atomic E-state index is 0.481. The predicted octanol–water partition coefficient (Wildman–Crippen LogP) is 3.89. The van der Waals surface area contributed by atoms with Crippen LogP contribution in [0.4, 0.5) is 0 Å². The van der Waals surface area contributed by atoms with E-state index in [1.165, 1.54) is 31.2 Å². The van der Waals surface area contributed by atoms with Crippen molar-refractivity contribution < 1.29 is 4.74 Å². The van der Waals surface area contributed by atoms with Crippen molar-refractivity contribution in [1.29, 1.82) is 0 Å². The van der Waals surface area contributed by atoms with Gasteiger partial charge in [-0.3, -0.25) is 0 Å². The first-order valence-corrected chi connectivity index (χ1v) is 8.82. The first-order chi connectivity index (χ1) is 9.69. The summed E-state index contributed by atoms with van der Waals surface area (Å²) < 4.78 is 5.91. The summed E-state index contributed by atoms with van der Waals surface area (Å²) in [5.41, 5.74) is 1.29. The van der Waals surface area contributed by atoms with Crippen molar-refractivity contribution in [2.75, 3.05) is 19.9 Å². The third-order valence-corrected chi connectivity index (χ3v) is 5.86. The maximum atomic E-state index is 5.43. The van der Waals surface area contributed by atoms with Crippen LogP contribution in [0.15, 0.2) is 24.3 Å². The molecule has 1 aromatic carbocycles. The van der Waals surface area contributed by atoms with Crippen LogP contribution in [0, 0.1) is 0 Å². The fourth-order valence-corrected chi connectivity index (χ4v) is 4.03. The Bertz CT molecular complexity index is 415. The zero-order valence-electron chi connectivity index (χ0n) is 12.9. The highest BCUT2D eigenvalue weighted by molar-refractivity contribution is 8.00. The molecule has 1 aromatic rings. The van der Waals surface area contributed by atoms with Gasteiger partial charge in [0.05, 0.1) is 7.11 Å². The molecule has 2 nitrogen and oxygen atoms in total. The lowest BCUT2D eigenvalue weighted by Gasteiger charge is -2.29. The van der Waals surface area contributed by atoms with Crippen LogP contribution in [0.2, 0.25) is 0 Å². The van der Waals surface area contributed by atoms with E-state index in [4.69, 9.17) is 4.74 Å². The third kappa shape index (κ3) is 3.92. The van der Waals surface area contributed by atoms with Crippen LogP contribution in [0.1, 0.15) is 38.2 Å². The zero-order valence-corrected chi connectivity index (χ0v) is 13.8. The molecule has 0 saturated heterocycles. The van der Waals surface area contributed by atoms with Gasteiger partial charge in [0.2, 0.25) is 0 Å². The van der Waals surface area contributed by atoms with Crippen LogP contribution < -0.4 is 10.1 Å². The average Bonchev–Trinajstić information content (AvgIpc) is 2.95. The summed E-state index contributed by atoms with van der Waals surface area (Å²) in [7, 11) is 1.75. The van der Waals surface area contributed by atoms with Crippen molar-refractivity contribution in [3.63, 3.8) is 0 Å². The van der Waals surface area contributed by atoms with Gasteiger partial charge >= 0.3 is 0 Å². The van der Waals surface area contributed by atoms with E-state index in [1.54, 1.807) is 7.11 Å². The van der Waals surface area contributed by atoms with Gasteiger partial charge in [0, 0.05) is 17.3 Å². The highest BCUT2D eigenvalue weighted by atomic mass is 32.2. The number of ether oxygens (including phenoxy) is 1. The molecule has 0 aliphatic heterocycles. The van der Waals surface area contributed by atoms with Crippen molar-refractivity contribution in [3.8, 4) is 5.75 Å². The fraction of sp³-hybridized carbons (Fsp3) is 0.647. The van der Waals surface area contributed by atoms with Gasteiger partial charge in [-0.2, -0.15) is 11.8 Å². The number of para-hydroxylation sites is 1. The van der Waals surface area contributed by atoms with Gasteiger partial charge in [0.25, 0.3) is 0 Å². The minimum Gasteiger partial charge on any atom is -0.496 e. The highest BCUT2D eigenvalue weighted by Gasteiger charge is 2.32. The lowest BCUT2D eigenvalue weighted by molar-refractivity contribution is 0.404.